The molecule has 1 aromatic heterocycles. The number of carbonyl (C=O) groups excluding carboxylic acids is 1. The lowest BCUT2D eigenvalue weighted by molar-refractivity contribution is -0.121. The molecule has 0 aliphatic rings. The fourth-order valence-electron chi connectivity index (χ4n) is 2.56. The third-order valence-electron chi connectivity index (χ3n) is 3.59. The summed E-state index contributed by atoms with van der Waals surface area (Å²) >= 11 is 0. The number of pyridine rings is 1. The van der Waals surface area contributed by atoms with E-state index in [1.165, 1.54) is 6.07 Å². The number of aliphatic hydroxyl groups is 1. The number of hydrogen-bond acceptors (Lipinski definition) is 3. The van der Waals surface area contributed by atoms with E-state index in [-0.39, 0.29) is 29.9 Å². The molecule has 2 N–H and O–H groups in total. The maximum absolute atomic E-state index is 12.1. The predicted octanol–water partition coefficient (Wildman–Crippen LogP) is 1.52. The zero-order chi connectivity index (χ0) is 16.1. The molecule has 5 nitrogen and oxygen atoms in total. The van der Waals surface area contributed by atoms with Crippen LogP contribution in [0.3, 0.4) is 0 Å². The van der Waals surface area contributed by atoms with Crippen LogP contribution >= 0.6 is 0 Å². The van der Waals surface area contributed by atoms with Gasteiger partial charge in [-0.25, -0.2) is 0 Å². The molecule has 5 heteroatoms. The van der Waals surface area contributed by atoms with Gasteiger partial charge in [0.2, 0.25) is 5.91 Å². The second-order valence-corrected chi connectivity index (χ2v) is 5.82. The van der Waals surface area contributed by atoms with Crippen molar-refractivity contribution >= 4 is 16.8 Å². The molecular formula is C17H22N2O3. The largest absolute Gasteiger partial charge is 0.393 e. The Balaban J connectivity index is 2.04. The van der Waals surface area contributed by atoms with Crippen LogP contribution < -0.4 is 10.7 Å². The molecule has 2 unspecified atom stereocenters. The number of aliphatic hydroxyl groups excluding tert-OH is 1. The number of nitrogens with one attached hydrogen (secondary N) is 1. The first kappa shape index (κ1) is 16.2. The highest BCUT2D eigenvalue weighted by molar-refractivity contribution is 5.82. The van der Waals surface area contributed by atoms with Crippen molar-refractivity contribution in [2.75, 3.05) is 6.54 Å². The van der Waals surface area contributed by atoms with Gasteiger partial charge in [0.1, 0.15) is 6.54 Å². The van der Waals surface area contributed by atoms with Gasteiger partial charge >= 0.3 is 0 Å². The minimum Gasteiger partial charge on any atom is -0.393 e. The molecule has 2 rings (SSSR count). The normalized spacial score (nSPS) is 13.8. The average Bonchev–Trinajstić information content (AvgIpc) is 2.48. The Hall–Kier alpha value is -2.14. The number of fused-ring (bicyclic) bond motifs is 1. The van der Waals surface area contributed by atoms with Crippen molar-refractivity contribution in [1.29, 1.82) is 0 Å². The summed E-state index contributed by atoms with van der Waals surface area (Å²) in [5.74, 6) is 0.112. The number of carbonyl (C=O) groups is 1. The first-order valence-electron chi connectivity index (χ1n) is 7.50. The van der Waals surface area contributed by atoms with Gasteiger partial charge in [-0.3, -0.25) is 9.59 Å². The molecule has 0 radical (unpaired) electrons. The lowest BCUT2D eigenvalue weighted by Crippen LogP contribution is -2.32. The number of rotatable bonds is 6. The molecule has 0 spiro atoms. The van der Waals surface area contributed by atoms with Gasteiger partial charge in [0.25, 0.3) is 0 Å². The van der Waals surface area contributed by atoms with E-state index in [1.54, 1.807) is 23.8 Å². The van der Waals surface area contributed by atoms with E-state index in [9.17, 15) is 14.7 Å². The van der Waals surface area contributed by atoms with Crippen molar-refractivity contribution < 1.29 is 9.90 Å². The van der Waals surface area contributed by atoms with Gasteiger partial charge in [-0.05, 0) is 31.4 Å². The smallest absolute Gasteiger partial charge is 0.239 e. The van der Waals surface area contributed by atoms with Crippen LogP contribution in [0.4, 0.5) is 0 Å². The maximum atomic E-state index is 12.1. The Kier molecular flexibility index (Phi) is 5.33. The average molecular weight is 302 g/mol. The Bertz CT molecular complexity index is 706. The third kappa shape index (κ3) is 4.18. The van der Waals surface area contributed by atoms with Crippen molar-refractivity contribution in [3.05, 3.63) is 46.8 Å². The lowest BCUT2D eigenvalue weighted by Gasteiger charge is -2.15. The summed E-state index contributed by atoms with van der Waals surface area (Å²) in [6.07, 6.45) is 1.93. The van der Waals surface area contributed by atoms with E-state index in [1.807, 2.05) is 25.1 Å². The van der Waals surface area contributed by atoms with E-state index >= 15 is 0 Å². The van der Waals surface area contributed by atoms with Crippen LogP contribution in [-0.2, 0) is 11.3 Å². The summed E-state index contributed by atoms with van der Waals surface area (Å²) in [5, 5.41) is 12.8. The first-order chi connectivity index (χ1) is 10.5. The molecule has 0 saturated heterocycles. The minimum atomic E-state index is -0.366. The van der Waals surface area contributed by atoms with E-state index < -0.39 is 0 Å². The quantitative estimate of drug-likeness (QED) is 0.850. The standard InChI is InChI=1S/C17H22N2O3/c1-12(9-13(2)20)10-18-17(22)11-19-8-7-16(21)14-5-3-4-6-15(14)19/h3-8,12-13,20H,9-11H2,1-2H3,(H,18,22). The van der Waals surface area contributed by atoms with Gasteiger partial charge in [0.15, 0.2) is 5.43 Å². The second kappa shape index (κ2) is 7.22. The van der Waals surface area contributed by atoms with Gasteiger partial charge in [-0.1, -0.05) is 19.1 Å². The highest BCUT2D eigenvalue weighted by atomic mass is 16.3. The fraction of sp³-hybridized carbons (Fsp3) is 0.412. The van der Waals surface area contributed by atoms with Crippen molar-refractivity contribution in [1.82, 2.24) is 9.88 Å². The molecule has 0 aliphatic heterocycles. The van der Waals surface area contributed by atoms with Gasteiger partial charge < -0.3 is 15.0 Å². The Labute approximate surface area is 129 Å². The Morgan fingerprint density at radius 1 is 1.27 bits per heavy atom. The van der Waals surface area contributed by atoms with Crippen molar-refractivity contribution in [3.63, 3.8) is 0 Å². The second-order valence-electron chi connectivity index (χ2n) is 5.82. The molecule has 0 fully saturated rings. The van der Waals surface area contributed by atoms with Crippen LogP contribution in [0.1, 0.15) is 20.3 Å². The number of nitrogens with zero attached hydrogens (tertiary/aromatic N) is 1. The maximum Gasteiger partial charge on any atom is 0.239 e. The van der Waals surface area contributed by atoms with Crippen molar-refractivity contribution in [2.24, 2.45) is 5.92 Å². The molecule has 1 amide bonds. The van der Waals surface area contributed by atoms with E-state index in [0.717, 1.165) is 5.52 Å². The van der Waals surface area contributed by atoms with E-state index in [0.29, 0.717) is 18.4 Å². The van der Waals surface area contributed by atoms with Gasteiger partial charge in [0, 0.05) is 24.2 Å². The molecule has 1 aromatic carbocycles. The summed E-state index contributed by atoms with van der Waals surface area (Å²) in [6.45, 7) is 4.43. The first-order valence-corrected chi connectivity index (χ1v) is 7.50. The third-order valence-corrected chi connectivity index (χ3v) is 3.59. The zero-order valence-corrected chi connectivity index (χ0v) is 13.0. The number of benzene rings is 1. The number of amides is 1. The molecule has 2 aromatic rings. The highest BCUT2D eigenvalue weighted by Crippen LogP contribution is 2.09. The van der Waals surface area contributed by atoms with Gasteiger partial charge in [0.05, 0.1) is 11.6 Å². The lowest BCUT2D eigenvalue weighted by atomic mass is 10.0. The topological polar surface area (TPSA) is 71.3 Å². The van der Waals surface area contributed by atoms with Crippen molar-refractivity contribution in [2.45, 2.75) is 32.9 Å². The van der Waals surface area contributed by atoms with Crippen molar-refractivity contribution in [3.8, 4) is 0 Å². The summed E-state index contributed by atoms with van der Waals surface area (Å²) in [7, 11) is 0. The number of aromatic nitrogens is 1. The zero-order valence-electron chi connectivity index (χ0n) is 13.0. The summed E-state index contributed by atoms with van der Waals surface area (Å²) in [5.41, 5.74) is 0.708. The van der Waals surface area contributed by atoms with Crippen LogP contribution in [0.15, 0.2) is 41.3 Å². The monoisotopic (exact) mass is 302 g/mol. The Morgan fingerprint density at radius 2 is 2.00 bits per heavy atom. The molecular weight excluding hydrogens is 280 g/mol. The van der Waals surface area contributed by atoms with E-state index in [4.69, 9.17) is 0 Å². The van der Waals surface area contributed by atoms with Crippen LogP contribution in [0.25, 0.3) is 10.9 Å². The molecule has 1 heterocycles. The molecule has 2 atom stereocenters. The van der Waals surface area contributed by atoms with Gasteiger partial charge in [-0.2, -0.15) is 0 Å². The molecule has 0 aliphatic carbocycles. The molecule has 0 saturated carbocycles. The fourth-order valence-corrected chi connectivity index (χ4v) is 2.56. The molecule has 22 heavy (non-hydrogen) atoms. The van der Waals surface area contributed by atoms with Crippen LogP contribution in [0.5, 0.6) is 0 Å². The number of para-hydroxylation sites is 1. The minimum absolute atomic E-state index is 0.0437. The number of hydrogen-bond donors (Lipinski definition) is 2. The van der Waals surface area contributed by atoms with Crippen LogP contribution in [-0.4, -0.2) is 28.2 Å². The molecule has 0 bridgehead atoms. The van der Waals surface area contributed by atoms with Gasteiger partial charge in [-0.15, -0.1) is 0 Å². The summed E-state index contributed by atoms with van der Waals surface area (Å²) in [4.78, 5) is 23.9. The molecule has 118 valence electrons. The van der Waals surface area contributed by atoms with E-state index in [2.05, 4.69) is 5.32 Å². The SMILES string of the molecule is CC(O)CC(C)CNC(=O)Cn1ccc(=O)c2ccccc21. The predicted molar refractivity (Wildman–Crippen MR) is 86.7 cm³/mol. The van der Waals surface area contributed by atoms with Crippen LogP contribution in [0, 0.1) is 5.92 Å². The summed E-state index contributed by atoms with van der Waals surface area (Å²) in [6, 6.07) is 8.73. The highest BCUT2D eigenvalue weighted by Gasteiger charge is 2.10. The summed E-state index contributed by atoms with van der Waals surface area (Å²) < 4.78 is 1.77. The van der Waals surface area contributed by atoms with Crippen LogP contribution in [0.2, 0.25) is 0 Å². The Morgan fingerprint density at radius 3 is 2.73 bits per heavy atom.